The van der Waals surface area contributed by atoms with E-state index in [4.69, 9.17) is 22.7 Å². The fourth-order valence-electron chi connectivity index (χ4n) is 1.62. The molecule has 6 heteroatoms. The Hall–Kier alpha value is -0.720. The maximum atomic E-state index is 12.1. The number of rotatable bonds is 10. The molecule has 0 rings (SSSR count). The lowest BCUT2D eigenvalue weighted by Gasteiger charge is -2.29. The topological polar surface area (TPSA) is 58.8 Å². The van der Waals surface area contributed by atoms with E-state index < -0.39 is 0 Å². The fourth-order valence-corrected chi connectivity index (χ4v) is 1.71. The first kappa shape index (κ1) is 18.3. The van der Waals surface area contributed by atoms with E-state index >= 15 is 0 Å². The van der Waals surface area contributed by atoms with Crippen LogP contribution in [-0.4, -0.2) is 67.1 Å². The highest BCUT2D eigenvalue weighted by Gasteiger charge is 2.18. The van der Waals surface area contributed by atoms with Crippen molar-refractivity contribution in [1.82, 2.24) is 9.80 Å². The molecule has 1 unspecified atom stereocenters. The Morgan fingerprint density at radius 3 is 2.53 bits per heavy atom. The zero-order valence-electron chi connectivity index (χ0n) is 12.5. The molecule has 0 spiro atoms. The predicted octanol–water partition coefficient (Wildman–Crippen LogP) is 0.868. The van der Waals surface area contributed by atoms with Crippen LogP contribution in [0.3, 0.4) is 0 Å². The lowest BCUT2D eigenvalue weighted by atomic mass is 10.2. The maximum Gasteiger partial charge on any atom is 0.236 e. The van der Waals surface area contributed by atoms with E-state index in [0.29, 0.717) is 37.1 Å². The minimum Gasteiger partial charge on any atom is -0.393 e. The Bertz CT molecular complexity index is 287. The first-order valence-corrected chi connectivity index (χ1v) is 7.08. The molecule has 112 valence electrons. The van der Waals surface area contributed by atoms with Crippen LogP contribution in [0.15, 0.2) is 0 Å². The first-order chi connectivity index (χ1) is 8.92. The van der Waals surface area contributed by atoms with E-state index in [2.05, 4.69) is 18.7 Å². The highest BCUT2D eigenvalue weighted by Crippen LogP contribution is 2.04. The van der Waals surface area contributed by atoms with Gasteiger partial charge < -0.3 is 15.4 Å². The maximum absolute atomic E-state index is 12.1. The summed E-state index contributed by atoms with van der Waals surface area (Å²) in [5, 5.41) is 0. The summed E-state index contributed by atoms with van der Waals surface area (Å²) in [4.78, 5) is 16.4. The van der Waals surface area contributed by atoms with Crippen molar-refractivity contribution in [3.63, 3.8) is 0 Å². The Balaban J connectivity index is 4.31. The molecule has 2 N–H and O–H groups in total. The van der Waals surface area contributed by atoms with Gasteiger partial charge in [0.05, 0.1) is 18.1 Å². The largest absolute Gasteiger partial charge is 0.393 e. The summed E-state index contributed by atoms with van der Waals surface area (Å²) in [6.45, 7) is 6.62. The third-order valence-electron chi connectivity index (χ3n) is 3.25. The second-order valence-corrected chi connectivity index (χ2v) is 5.28. The van der Waals surface area contributed by atoms with Crippen molar-refractivity contribution in [2.45, 2.75) is 32.7 Å². The molecule has 0 bridgehead atoms. The minimum atomic E-state index is 0.0904. The number of carbonyl (C=O) groups is 1. The number of ether oxygens (including phenoxy) is 1. The number of hydrogen-bond acceptors (Lipinski definition) is 4. The van der Waals surface area contributed by atoms with Crippen molar-refractivity contribution in [3.05, 3.63) is 0 Å². The molecule has 0 fully saturated rings. The molecule has 0 aromatic heterocycles. The van der Waals surface area contributed by atoms with Crippen LogP contribution in [0.2, 0.25) is 0 Å². The number of methoxy groups -OCH3 is 1. The van der Waals surface area contributed by atoms with Gasteiger partial charge in [-0.3, -0.25) is 9.69 Å². The summed E-state index contributed by atoms with van der Waals surface area (Å²) >= 11 is 4.82. The summed E-state index contributed by atoms with van der Waals surface area (Å²) in [5.41, 5.74) is 5.44. The van der Waals surface area contributed by atoms with Crippen molar-refractivity contribution in [2.75, 3.05) is 40.4 Å². The van der Waals surface area contributed by atoms with E-state index in [1.165, 1.54) is 0 Å². The number of likely N-dealkylation sites (N-methyl/N-ethyl adjacent to an activating group) is 1. The lowest BCUT2D eigenvalue weighted by Crippen LogP contribution is -2.44. The second kappa shape index (κ2) is 10.1. The van der Waals surface area contributed by atoms with Gasteiger partial charge in [0.1, 0.15) is 0 Å². The average Bonchev–Trinajstić information content (AvgIpc) is 2.39. The third kappa shape index (κ3) is 8.13. The van der Waals surface area contributed by atoms with Gasteiger partial charge in [0, 0.05) is 39.7 Å². The van der Waals surface area contributed by atoms with Gasteiger partial charge in [-0.05, 0) is 13.3 Å². The molecule has 1 atom stereocenters. The SMILES string of the molecule is CCC(C)N(CCOC)CC(=O)N(C)CCC(N)=S. The van der Waals surface area contributed by atoms with Crippen molar-refractivity contribution in [2.24, 2.45) is 5.73 Å². The number of thiocarbonyl (C=S) groups is 1. The smallest absolute Gasteiger partial charge is 0.236 e. The van der Waals surface area contributed by atoms with Crippen molar-refractivity contribution in [3.8, 4) is 0 Å². The van der Waals surface area contributed by atoms with Crippen LogP contribution in [0, 0.1) is 0 Å². The van der Waals surface area contributed by atoms with Gasteiger partial charge in [0.25, 0.3) is 0 Å². The van der Waals surface area contributed by atoms with E-state index in [1.807, 2.05) is 0 Å². The Morgan fingerprint density at radius 2 is 2.05 bits per heavy atom. The first-order valence-electron chi connectivity index (χ1n) is 6.67. The number of hydrogen-bond donors (Lipinski definition) is 1. The van der Waals surface area contributed by atoms with Gasteiger partial charge in [-0.15, -0.1) is 0 Å². The number of nitrogens with zero attached hydrogens (tertiary/aromatic N) is 2. The average molecular weight is 289 g/mol. The Labute approximate surface area is 122 Å². The molecular weight excluding hydrogens is 262 g/mol. The van der Waals surface area contributed by atoms with Crippen LogP contribution in [0.1, 0.15) is 26.7 Å². The summed E-state index contributed by atoms with van der Waals surface area (Å²) < 4.78 is 5.09. The van der Waals surface area contributed by atoms with Gasteiger partial charge in [-0.1, -0.05) is 19.1 Å². The monoisotopic (exact) mass is 289 g/mol. The van der Waals surface area contributed by atoms with E-state index in [0.717, 1.165) is 13.0 Å². The van der Waals surface area contributed by atoms with Crippen LogP contribution in [0.25, 0.3) is 0 Å². The van der Waals surface area contributed by atoms with E-state index in [-0.39, 0.29) is 5.91 Å². The fraction of sp³-hybridized carbons (Fsp3) is 0.846. The van der Waals surface area contributed by atoms with Gasteiger partial charge in [0.2, 0.25) is 5.91 Å². The van der Waals surface area contributed by atoms with Crippen molar-refractivity contribution >= 4 is 23.1 Å². The van der Waals surface area contributed by atoms with E-state index in [1.54, 1.807) is 19.1 Å². The number of carbonyl (C=O) groups excluding carboxylic acids is 1. The highest BCUT2D eigenvalue weighted by molar-refractivity contribution is 7.80. The molecule has 0 saturated carbocycles. The molecule has 19 heavy (non-hydrogen) atoms. The summed E-state index contributed by atoms with van der Waals surface area (Å²) in [6, 6.07) is 0.364. The Morgan fingerprint density at radius 1 is 1.42 bits per heavy atom. The van der Waals surface area contributed by atoms with Crippen molar-refractivity contribution in [1.29, 1.82) is 0 Å². The van der Waals surface area contributed by atoms with Crippen LogP contribution < -0.4 is 5.73 Å². The minimum absolute atomic E-state index is 0.0904. The molecule has 0 aliphatic rings. The zero-order chi connectivity index (χ0) is 14.8. The van der Waals surface area contributed by atoms with Crippen LogP contribution in [0.5, 0.6) is 0 Å². The molecule has 0 aromatic rings. The molecule has 0 saturated heterocycles. The molecule has 5 nitrogen and oxygen atoms in total. The molecule has 0 radical (unpaired) electrons. The van der Waals surface area contributed by atoms with Crippen LogP contribution in [0.4, 0.5) is 0 Å². The second-order valence-electron chi connectivity index (χ2n) is 4.75. The van der Waals surface area contributed by atoms with Crippen molar-refractivity contribution < 1.29 is 9.53 Å². The molecular formula is C13H27N3O2S. The molecule has 0 aliphatic heterocycles. The van der Waals surface area contributed by atoms with Gasteiger partial charge in [-0.2, -0.15) is 0 Å². The zero-order valence-corrected chi connectivity index (χ0v) is 13.3. The molecule has 0 aromatic carbocycles. The van der Waals surface area contributed by atoms with Gasteiger partial charge in [0.15, 0.2) is 0 Å². The summed E-state index contributed by atoms with van der Waals surface area (Å²) in [6.07, 6.45) is 1.58. The summed E-state index contributed by atoms with van der Waals surface area (Å²) in [7, 11) is 3.46. The third-order valence-corrected chi connectivity index (χ3v) is 3.46. The van der Waals surface area contributed by atoms with Gasteiger partial charge in [-0.25, -0.2) is 0 Å². The van der Waals surface area contributed by atoms with Gasteiger partial charge >= 0.3 is 0 Å². The van der Waals surface area contributed by atoms with E-state index in [9.17, 15) is 4.79 Å². The number of nitrogens with two attached hydrogens (primary N) is 1. The summed E-state index contributed by atoms with van der Waals surface area (Å²) in [5.74, 6) is 0.0904. The highest BCUT2D eigenvalue weighted by atomic mass is 32.1. The predicted molar refractivity (Wildman–Crippen MR) is 82.2 cm³/mol. The number of amides is 1. The quantitative estimate of drug-likeness (QED) is 0.605. The Kier molecular flexibility index (Phi) is 9.73. The van der Waals surface area contributed by atoms with Crippen LogP contribution >= 0.6 is 12.2 Å². The molecule has 0 heterocycles. The lowest BCUT2D eigenvalue weighted by molar-refractivity contribution is -0.131. The standard InChI is InChI=1S/C13H27N3O2S/c1-5-11(2)16(8-9-18-4)10-13(17)15(3)7-6-12(14)19/h11H,5-10H2,1-4H3,(H2,14,19). The molecule has 0 aliphatic carbocycles. The normalized spacial score (nSPS) is 12.5. The molecule has 1 amide bonds. The van der Waals surface area contributed by atoms with Crippen LogP contribution in [-0.2, 0) is 9.53 Å².